The van der Waals surface area contributed by atoms with Gasteiger partial charge in [0.2, 0.25) is 0 Å². The quantitative estimate of drug-likeness (QED) is 0.902. The van der Waals surface area contributed by atoms with Gasteiger partial charge in [0.1, 0.15) is 0 Å². The van der Waals surface area contributed by atoms with Crippen LogP contribution >= 0.6 is 0 Å². The van der Waals surface area contributed by atoms with Gasteiger partial charge in [-0.05, 0) is 35.7 Å². The number of benzene rings is 2. The van der Waals surface area contributed by atoms with Crippen LogP contribution in [-0.4, -0.2) is 18.1 Å². The summed E-state index contributed by atoms with van der Waals surface area (Å²) in [6.45, 7) is 2.89. The van der Waals surface area contributed by atoms with Gasteiger partial charge in [-0.2, -0.15) is 0 Å². The van der Waals surface area contributed by atoms with E-state index in [9.17, 15) is 4.79 Å². The fraction of sp³-hybridized carbons (Fsp3) is 0.235. The van der Waals surface area contributed by atoms with Gasteiger partial charge in [-0.15, -0.1) is 0 Å². The Kier molecular flexibility index (Phi) is 4.41. The molecule has 20 heavy (non-hydrogen) atoms. The Morgan fingerprint density at radius 2 is 1.75 bits per heavy atom. The van der Waals surface area contributed by atoms with Crippen molar-refractivity contribution in [1.29, 1.82) is 0 Å². The van der Waals surface area contributed by atoms with Crippen LogP contribution in [0.15, 0.2) is 48.5 Å². The lowest BCUT2D eigenvalue weighted by Gasteiger charge is -2.20. The zero-order valence-corrected chi connectivity index (χ0v) is 11.8. The number of anilines is 1. The second kappa shape index (κ2) is 6.24. The molecule has 0 amide bonds. The van der Waals surface area contributed by atoms with Gasteiger partial charge in [0.05, 0.1) is 5.56 Å². The van der Waals surface area contributed by atoms with E-state index in [2.05, 4.69) is 31.2 Å². The number of hydrogen-bond donors (Lipinski definition) is 1. The van der Waals surface area contributed by atoms with E-state index in [-0.39, 0.29) is 0 Å². The molecular weight excluding hydrogens is 250 g/mol. The fourth-order valence-corrected chi connectivity index (χ4v) is 2.12. The highest BCUT2D eigenvalue weighted by atomic mass is 16.4. The molecule has 0 bridgehead atoms. The van der Waals surface area contributed by atoms with Crippen molar-refractivity contribution in [2.45, 2.75) is 19.9 Å². The van der Waals surface area contributed by atoms with E-state index in [0.717, 1.165) is 18.7 Å². The third kappa shape index (κ3) is 3.38. The van der Waals surface area contributed by atoms with E-state index in [1.165, 1.54) is 11.1 Å². The molecule has 0 aliphatic rings. The lowest BCUT2D eigenvalue weighted by molar-refractivity contribution is 0.0697. The summed E-state index contributed by atoms with van der Waals surface area (Å²) in [7, 11) is 1.97. The van der Waals surface area contributed by atoms with Crippen LogP contribution in [0.25, 0.3) is 0 Å². The van der Waals surface area contributed by atoms with E-state index >= 15 is 0 Å². The first kappa shape index (κ1) is 14.1. The number of carboxylic acid groups (broad SMARTS) is 1. The van der Waals surface area contributed by atoms with Gasteiger partial charge in [0, 0.05) is 19.3 Å². The molecule has 0 unspecified atom stereocenters. The Hall–Kier alpha value is -2.29. The van der Waals surface area contributed by atoms with Crippen LogP contribution in [-0.2, 0) is 13.0 Å². The number of aryl methyl sites for hydroxylation is 1. The van der Waals surface area contributed by atoms with Crippen molar-refractivity contribution in [1.82, 2.24) is 0 Å². The highest BCUT2D eigenvalue weighted by molar-refractivity contribution is 5.88. The van der Waals surface area contributed by atoms with Gasteiger partial charge >= 0.3 is 5.97 Å². The first-order valence-electron chi connectivity index (χ1n) is 6.72. The zero-order valence-electron chi connectivity index (χ0n) is 11.8. The minimum absolute atomic E-state index is 0.315. The molecule has 1 N–H and O–H groups in total. The number of hydrogen-bond acceptors (Lipinski definition) is 2. The fourth-order valence-electron chi connectivity index (χ4n) is 2.12. The highest BCUT2D eigenvalue weighted by Crippen LogP contribution is 2.17. The van der Waals surface area contributed by atoms with E-state index in [1.54, 1.807) is 18.2 Å². The Bertz CT molecular complexity index is 590. The molecule has 0 aliphatic carbocycles. The van der Waals surface area contributed by atoms with Crippen LogP contribution < -0.4 is 4.90 Å². The zero-order chi connectivity index (χ0) is 14.5. The number of carbonyl (C=O) groups is 1. The van der Waals surface area contributed by atoms with Crippen LogP contribution in [0.4, 0.5) is 5.69 Å². The van der Waals surface area contributed by atoms with Crippen molar-refractivity contribution in [2.75, 3.05) is 11.9 Å². The van der Waals surface area contributed by atoms with Gasteiger partial charge in [-0.3, -0.25) is 0 Å². The summed E-state index contributed by atoms with van der Waals surface area (Å²) >= 11 is 0. The Balaban J connectivity index is 2.12. The smallest absolute Gasteiger partial charge is 0.335 e. The topological polar surface area (TPSA) is 40.5 Å². The summed E-state index contributed by atoms with van der Waals surface area (Å²) in [6.07, 6.45) is 1.04. The molecule has 0 heterocycles. The average molecular weight is 269 g/mol. The number of rotatable bonds is 5. The average Bonchev–Trinajstić information content (AvgIpc) is 2.48. The summed E-state index contributed by atoms with van der Waals surface area (Å²) in [6, 6.07) is 15.5. The third-order valence-corrected chi connectivity index (χ3v) is 3.38. The molecular formula is C17H19NO2. The molecule has 0 saturated carbocycles. The van der Waals surface area contributed by atoms with Gasteiger partial charge in [0.25, 0.3) is 0 Å². The van der Waals surface area contributed by atoms with Crippen molar-refractivity contribution in [3.05, 3.63) is 65.2 Å². The summed E-state index contributed by atoms with van der Waals surface area (Å²) in [5, 5.41) is 9.02. The molecule has 0 aliphatic heterocycles. The maximum Gasteiger partial charge on any atom is 0.335 e. The Morgan fingerprint density at radius 3 is 2.35 bits per heavy atom. The molecule has 104 valence electrons. The van der Waals surface area contributed by atoms with Crippen LogP contribution in [0.2, 0.25) is 0 Å². The van der Waals surface area contributed by atoms with Crippen LogP contribution in [0, 0.1) is 0 Å². The molecule has 0 fully saturated rings. The highest BCUT2D eigenvalue weighted by Gasteiger charge is 2.07. The first-order valence-corrected chi connectivity index (χ1v) is 6.72. The van der Waals surface area contributed by atoms with Crippen molar-refractivity contribution in [3.8, 4) is 0 Å². The van der Waals surface area contributed by atoms with Gasteiger partial charge in [-0.25, -0.2) is 4.79 Å². The predicted molar refractivity (Wildman–Crippen MR) is 81.3 cm³/mol. The first-order chi connectivity index (χ1) is 9.60. The van der Waals surface area contributed by atoms with Crippen molar-refractivity contribution in [3.63, 3.8) is 0 Å². The lowest BCUT2D eigenvalue weighted by Crippen LogP contribution is -2.16. The molecule has 0 aromatic heterocycles. The summed E-state index contributed by atoms with van der Waals surface area (Å²) in [5.74, 6) is -0.896. The minimum Gasteiger partial charge on any atom is -0.478 e. The van der Waals surface area contributed by atoms with Crippen LogP contribution in [0.1, 0.15) is 28.4 Å². The molecule has 2 aromatic rings. The van der Waals surface area contributed by atoms with Crippen LogP contribution in [0.5, 0.6) is 0 Å². The van der Waals surface area contributed by atoms with Gasteiger partial charge in [-0.1, -0.05) is 37.3 Å². The lowest BCUT2D eigenvalue weighted by atomic mass is 10.1. The summed E-state index contributed by atoms with van der Waals surface area (Å²) in [4.78, 5) is 13.0. The van der Waals surface area contributed by atoms with Gasteiger partial charge in [0.15, 0.2) is 0 Å². The normalized spacial score (nSPS) is 10.3. The Labute approximate surface area is 119 Å². The largest absolute Gasteiger partial charge is 0.478 e. The third-order valence-electron chi connectivity index (χ3n) is 3.38. The summed E-state index contributed by atoms with van der Waals surface area (Å²) < 4.78 is 0. The number of nitrogens with zero attached hydrogens (tertiary/aromatic N) is 1. The minimum atomic E-state index is -0.896. The Morgan fingerprint density at radius 1 is 1.10 bits per heavy atom. The van der Waals surface area contributed by atoms with Crippen molar-refractivity contribution < 1.29 is 9.90 Å². The van der Waals surface area contributed by atoms with Gasteiger partial charge < -0.3 is 10.0 Å². The molecule has 0 atom stereocenters. The summed E-state index contributed by atoms with van der Waals surface area (Å²) in [5.41, 5.74) is 3.76. The molecule has 0 radical (unpaired) electrons. The van der Waals surface area contributed by atoms with E-state index in [1.807, 2.05) is 18.0 Å². The molecule has 0 saturated heterocycles. The molecule has 0 spiro atoms. The van der Waals surface area contributed by atoms with E-state index < -0.39 is 5.97 Å². The SMILES string of the molecule is CCc1ccc(CN(C)c2cccc(C(=O)O)c2)cc1. The maximum atomic E-state index is 11.0. The molecule has 3 heteroatoms. The monoisotopic (exact) mass is 269 g/mol. The second-order valence-corrected chi connectivity index (χ2v) is 4.88. The molecule has 2 rings (SSSR count). The maximum absolute atomic E-state index is 11.0. The standard InChI is InChI=1S/C17H19NO2/c1-3-13-7-9-14(10-8-13)12-18(2)16-6-4-5-15(11-16)17(19)20/h4-11H,3,12H2,1-2H3,(H,19,20). The predicted octanol–water partition coefficient (Wildman–Crippen LogP) is 3.58. The second-order valence-electron chi connectivity index (χ2n) is 4.88. The van der Waals surface area contributed by atoms with Crippen LogP contribution in [0.3, 0.4) is 0 Å². The number of carboxylic acids is 1. The van der Waals surface area contributed by atoms with E-state index in [0.29, 0.717) is 5.56 Å². The number of aromatic carboxylic acids is 1. The van der Waals surface area contributed by atoms with Crippen molar-refractivity contribution >= 4 is 11.7 Å². The molecule has 3 nitrogen and oxygen atoms in total. The van der Waals surface area contributed by atoms with E-state index in [4.69, 9.17) is 5.11 Å². The van der Waals surface area contributed by atoms with Crippen molar-refractivity contribution in [2.24, 2.45) is 0 Å². The molecule has 2 aromatic carbocycles.